The zero-order valence-corrected chi connectivity index (χ0v) is 13.2. The van der Waals surface area contributed by atoms with Crippen LogP contribution in [-0.2, 0) is 18.5 Å². The van der Waals surface area contributed by atoms with E-state index in [9.17, 15) is 74.3 Å². The molecule has 21 heteroatoms. The SMILES string of the molecule is O=S(=O)(Cl)C(F)(F)C(F)(F)OC(F)(C(F)(F)F)C(F)(F)OC(F)(F)C(F)(F)F. The van der Waals surface area contributed by atoms with Gasteiger partial charge in [0.25, 0.3) is 0 Å². The Balaban J connectivity index is 6.45. The van der Waals surface area contributed by atoms with E-state index in [1.165, 1.54) is 9.47 Å². The van der Waals surface area contributed by atoms with Gasteiger partial charge in [0.05, 0.1) is 0 Å². The molecule has 0 aromatic rings. The Bertz CT molecular complexity index is 681. The van der Waals surface area contributed by atoms with Crippen molar-refractivity contribution in [1.82, 2.24) is 0 Å². The van der Waals surface area contributed by atoms with Crippen molar-refractivity contribution in [2.75, 3.05) is 0 Å². The van der Waals surface area contributed by atoms with Gasteiger partial charge in [0.15, 0.2) is 0 Å². The summed E-state index contributed by atoms with van der Waals surface area (Å²) in [7, 11) is -3.36. The van der Waals surface area contributed by atoms with Gasteiger partial charge in [-0.1, -0.05) is 0 Å². The molecule has 0 aliphatic carbocycles. The molecule has 0 radical (unpaired) electrons. The van der Waals surface area contributed by atoms with Gasteiger partial charge in [-0.05, 0) is 0 Å². The highest BCUT2D eigenvalue weighted by Crippen LogP contribution is 2.55. The average molecular weight is 501 g/mol. The van der Waals surface area contributed by atoms with Crippen LogP contribution in [0.3, 0.4) is 0 Å². The van der Waals surface area contributed by atoms with Crippen LogP contribution in [-0.4, -0.2) is 50.2 Å². The molecule has 170 valence electrons. The van der Waals surface area contributed by atoms with Crippen molar-refractivity contribution in [3.05, 3.63) is 0 Å². The maximum Gasteiger partial charge on any atom is 0.483 e. The van der Waals surface area contributed by atoms with Gasteiger partial charge < -0.3 is 0 Å². The lowest BCUT2D eigenvalue weighted by molar-refractivity contribution is -0.551. The lowest BCUT2D eigenvalue weighted by Crippen LogP contribution is -2.65. The molecule has 1 atom stereocenters. The largest absolute Gasteiger partial charge is 0.483 e. The lowest BCUT2D eigenvalue weighted by Gasteiger charge is -2.38. The summed E-state index contributed by atoms with van der Waals surface area (Å²) in [6.45, 7) is 0. The summed E-state index contributed by atoms with van der Waals surface area (Å²) in [5, 5.41) is -7.12. The van der Waals surface area contributed by atoms with Crippen molar-refractivity contribution in [3.8, 4) is 0 Å². The third-order valence-electron chi connectivity index (χ3n) is 2.24. The van der Waals surface area contributed by atoms with Crippen molar-refractivity contribution in [1.29, 1.82) is 0 Å². The van der Waals surface area contributed by atoms with Crippen LogP contribution in [0.5, 0.6) is 0 Å². The monoisotopic (exact) mass is 500 g/mol. The third-order valence-corrected chi connectivity index (χ3v) is 3.67. The molecular formula is C7ClF15O4S. The summed E-state index contributed by atoms with van der Waals surface area (Å²) < 4.78 is 211. The molecule has 28 heavy (non-hydrogen) atoms. The molecule has 0 bridgehead atoms. The van der Waals surface area contributed by atoms with Gasteiger partial charge in [-0.25, -0.2) is 13.2 Å². The van der Waals surface area contributed by atoms with E-state index in [0.29, 0.717) is 0 Å². The molecule has 0 heterocycles. The Labute approximate surface area is 146 Å². The smallest absolute Gasteiger partial charge is 0.262 e. The van der Waals surface area contributed by atoms with E-state index in [1.54, 1.807) is 0 Å². The molecule has 0 N–H and O–H groups in total. The zero-order chi connectivity index (χ0) is 23.4. The highest BCUT2D eigenvalue weighted by Gasteiger charge is 2.83. The van der Waals surface area contributed by atoms with Crippen LogP contribution in [0.2, 0.25) is 0 Å². The maximum atomic E-state index is 13.4. The fraction of sp³-hybridized carbons (Fsp3) is 1.00. The second kappa shape index (κ2) is 6.83. The van der Waals surface area contributed by atoms with Gasteiger partial charge in [0.1, 0.15) is 0 Å². The first-order chi connectivity index (χ1) is 11.7. The van der Waals surface area contributed by atoms with Gasteiger partial charge in [-0.2, -0.15) is 65.9 Å². The summed E-state index contributed by atoms with van der Waals surface area (Å²) in [5.41, 5.74) is 0. The van der Waals surface area contributed by atoms with Crippen LogP contribution < -0.4 is 0 Å². The number of ether oxygens (including phenoxy) is 2. The maximum absolute atomic E-state index is 13.4. The molecule has 0 aromatic heterocycles. The summed E-state index contributed by atoms with van der Waals surface area (Å²) in [4.78, 5) is 0. The molecule has 0 rings (SSSR count). The van der Waals surface area contributed by atoms with Gasteiger partial charge >= 0.3 is 50.8 Å². The molecule has 0 aromatic carbocycles. The van der Waals surface area contributed by atoms with E-state index in [0.717, 1.165) is 0 Å². The zero-order valence-electron chi connectivity index (χ0n) is 11.6. The molecule has 0 saturated carbocycles. The van der Waals surface area contributed by atoms with Crippen molar-refractivity contribution in [2.24, 2.45) is 0 Å². The molecule has 0 aliphatic rings. The topological polar surface area (TPSA) is 52.6 Å². The summed E-state index contributed by atoms with van der Waals surface area (Å²) in [6.07, 6.45) is -37.7. The summed E-state index contributed by atoms with van der Waals surface area (Å²) >= 11 is 0. The van der Waals surface area contributed by atoms with Gasteiger partial charge in [-0.3, -0.25) is 4.74 Å². The van der Waals surface area contributed by atoms with Crippen molar-refractivity contribution in [2.45, 2.75) is 41.8 Å². The van der Waals surface area contributed by atoms with Gasteiger partial charge in [0.2, 0.25) is 0 Å². The molecule has 1 unspecified atom stereocenters. The minimum atomic E-state index is -7.87. The normalized spacial score (nSPS) is 18.1. The predicted molar refractivity (Wildman–Crippen MR) is 52.7 cm³/mol. The van der Waals surface area contributed by atoms with Crippen LogP contribution in [0.1, 0.15) is 0 Å². The van der Waals surface area contributed by atoms with E-state index >= 15 is 0 Å². The van der Waals surface area contributed by atoms with E-state index in [-0.39, 0.29) is 0 Å². The Morgan fingerprint density at radius 2 is 0.893 bits per heavy atom. The van der Waals surface area contributed by atoms with Crippen LogP contribution in [0.4, 0.5) is 65.9 Å². The minimum absolute atomic E-state index is 1.25. The van der Waals surface area contributed by atoms with Gasteiger partial charge in [0, 0.05) is 10.7 Å². The van der Waals surface area contributed by atoms with Crippen molar-refractivity contribution in [3.63, 3.8) is 0 Å². The second-order valence-electron chi connectivity index (χ2n) is 4.30. The fourth-order valence-corrected chi connectivity index (χ4v) is 1.54. The molecule has 0 saturated heterocycles. The third kappa shape index (κ3) is 4.64. The number of halogens is 16. The minimum Gasteiger partial charge on any atom is -0.262 e. The number of alkyl halides is 15. The van der Waals surface area contributed by atoms with E-state index < -0.39 is 50.8 Å². The first kappa shape index (κ1) is 27.1. The van der Waals surface area contributed by atoms with Crippen LogP contribution >= 0.6 is 10.7 Å². The van der Waals surface area contributed by atoms with Crippen LogP contribution in [0.15, 0.2) is 0 Å². The Hall–Kier alpha value is -0.890. The molecular weight excluding hydrogens is 501 g/mol. The average Bonchev–Trinajstić information content (AvgIpc) is 2.31. The second-order valence-corrected chi connectivity index (χ2v) is 6.91. The molecule has 0 spiro atoms. The number of hydrogen-bond acceptors (Lipinski definition) is 4. The Morgan fingerprint density at radius 3 is 1.14 bits per heavy atom. The van der Waals surface area contributed by atoms with E-state index in [2.05, 4.69) is 10.7 Å². The summed E-state index contributed by atoms with van der Waals surface area (Å²) in [5.74, 6) is -7.87. The number of hydrogen-bond donors (Lipinski definition) is 0. The van der Waals surface area contributed by atoms with Crippen molar-refractivity contribution < 1.29 is 83.7 Å². The predicted octanol–water partition coefficient (Wildman–Crippen LogP) is 4.75. The first-order valence-electron chi connectivity index (χ1n) is 5.34. The Morgan fingerprint density at radius 1 is 0.536 bits per heavy atom. The van der Waals surface area contributed by atoms with E-state index in [1.807, 2.05) is 0 Å². The van der Waals surface area contributed by atoms with Gasteiger partial charge in [-0.15, -0.1) is 0 Å². The Kier molecular flexibility index (Phi) is 6.61. The number of rotatable bonds is 7. The molecule has 0 aliphatic heterocycles. The highest BCUT2D eigenvalue weighted by molar-refractivity contribution is 8.14. The molecule has 0 fully saturated rings. The molecule has 4 nitrogen and oxygen atoms in total. The van der Waals surface area contributed by atoms with Crippen LogP contribution in [0.25, 0.3) is 0 Å². The summed E-state index contributed by atoms with van der Waals surface area (Å²) in [6, 6.07) is 0. The first-order valence-corrected chi connectivity index (χ1v) is 7.65. The lowest BCUT2D eigenvalue weighted by atomic mass is 10.2. The fourth-order valence-electron chi connectivity index (χ4n) is 0.945. The highest BCUT2D eigenvalue weighted by atomic mass is 35.7. The van der Waals surface area contributed by atoms with Crippen LogP contribution in [0, 0.1) is 0 Å². The quantitative estimate of drug-likeness (QED) is 0.374. The van der Waals surface area contributed by atoms with E-state index in [4.69, 9.17) is 0 Å². The molecule has 0 amide bonds. The standard InChI is InChI=1S/C7ClF15O4S/c8-28(24,25)7(22,23)6(20,21)26-1(9,2(10,11)12)4(16,17)27-5(18,19)3(13,14)15. The van der Waals surface area contributed by atoms with Crippen molar-refractivity contribution >= 4 is 19.7 Å².